The molecule has 5 heteroatoms. The molecule has 1 amide bonds. The molecule has 0 spiro atoms. The molecular weight excluding hydrogens is 256 g/mol. The average Bonchev–Trinajstić information content (AvgIpc) is 2.38. The highest BCUT2D eigenvalue weighted by Gasteiger charge is 2.15. The van der Waals surface area contributed by atoms with E-state index in [1.807, 2.05) is 14.1 Å². The van der Waals surface area contributed by atoms with E-state index >= 15 is 0 Å². The maximum Gasteiger partial charge on any atom is 0.335 e. The second-order valence-electron chi connectivity index (χ2n) is 5.11. The Morgan fingerprint density at radius 2 is 1.75 bits per heavy atom. The zero-order chi connectivity index (χ0) is 15.1. The second-order valence-corrected chi connectivity index (χ2v) is 5.11. The van der Waals surface area contributed by atoms with Gasteiger partial charge in [0.2, 0.25) is 5.91 Å². The summed E-state index contributed by atoms with van der Waals surface area (Å²) in [4.78, 5) is 26.9. The first kappa shape index (κ1) is 16.2. The van der Waals surface area contributed by atoms with E-state index in [0.29, 0.717) is 12.1 Å². The first-order chi connectivity index (χ1) is 9.41. The molecule has 1 aromatic rings. The van der Waals surface area contributed by atoms with Crippen molar-refractivity contribution in [3.63, 3.8) is 0 Å². The summed E-state index contributed by atoms with van der Waals surface area (Å²) in [6.45, 7) is 1.59. The number of carbonyl (C=O) groups excluding carboxylic acids is 1. The summed E-state index contributed by atoms with van der Waals surface area (Å²) in [7, 11) is 5.73. The number of rotatable bonds is 7. The number of carbonyl (C=O) groups is 2. The largest absolute Gasteiger partial charge is 0.478 e. The molecule has 1 rings (SSSR count). The van der Waals surface area contributed by atoms with E-state index in [2.05, 4.69) is 4.90 Å². The molecular formula is C15H22N2O3. The Kier molecular flexibility index (Phi) is 6.18. The molecule has 0 aliphatic carbocycles. The first-order valence-corrected chi connectivity index (χ1v) is 6.61. The van der Waals surface area contributed by atoms with Crippen LogP contribution in [0.1, 0.15) is 22.3 Å². The fraction of sp³-hybridized carbons (Fsp3) is 0.467. The molecule has 110 valence electrons. The van der Waals surface area contributed by atoms with Crippen LogP contribution in [0, 0.1) is 0 Å². The van der Waals surface area contributed by atoms with E-state index in [4.69, 9.17) is 5.11 Å². The number of hydrogen-bond acceptors (Lipinski definition) is 3. The van der Waals surface area contributed by atoms with Crippen molar-refractivity contribution in [3.05, 3.63) is 35.4 Å². The SMILES string of the molecule is CN(C)CCCN(C)C(=O)Cc1ccccc1C(=O)O. The molecule has 0 aromatic heterocycles. The van der Waals surface area contributed by atoms with Gasteiger partial charge in [-0.05, 0) is 38.7 Å². The number of carboxylic acid groups (broad SMARTS) is 1. The van der Waals surface area contributed by atoms with Gasteiger partial charge in [-0.1, -0.05) is 18.2 Å². The van der Waals surface area contributed by atoms with Gasteiger partial charge in [0.05, 0.1) is 12.0 Å². The minimum absolute atomic E-state index is 0.0579. The topological polar surface area (TPSA) is 60.9 Å². The predicted molar refractivity (Wildman–Crippen MR) is 77.9 cm³/mol. The summed E-state index contributed by atoms with van der Waals surface area (Å²) in [6, 6.07) is 6.63. The summed E-state index contributed by atoms with van der Waals surface area (Å²) in [5, 5.41) is 9.09. The standard InChI is InChI=1S/C15H22N2O3/c1-16(2)9-6-10-17(3)14(18)11-12-7-4-5-8-13(12)15(19)20/h4-5,7-8H,6,9-11H2,1-3H3,(H,19,20). The minimum Gasteiger partial charge on any atom is -0.478 e. The summed E-state index contributed by atoms with van der Waals surface area (Å²) in [5.41, 5.74) is 0.756. The molecule has 0 radical (unpaired) electrons. The first-order valence-electron chi connectivity index (χ1n) is 6.61. The van der Waals surface area contributed by atoms with Crippen LogP contribution in [0.25, 0.3) is 0 Å². The summed E-state index contributed by atoms with van der Waals surface area (Å²) in [6.07, 6.45) is 1.02. The van der Waals surface area contributed by atoms with Crippen molar-refractivity contribution in [2.24, 2.45) is 0 Å². The van der Waals surface area contributed by atoms with E-state index in [0.717, 1.165) is 13.0 Å². The zero-order valence-corrected chi connectivity index (χ0v) is 12.3. The van der Waals surface area contributed by atoms with Crippen LogP contribution < -0.4 is 0 Å². The van der Waals surface area contributed by atoms with Gasteiger partial charge in [-0.25, -0.2) is 4.79 Å². The fourth-order valence-electron chi connectivity index (χ4n) is 1.93. The highest BCUT2D eigenvalue weighted by Crippen LogP contribution is 2.10. The predicted octanol–water partition coefficient (Wildman–Crippen LogP) is 1.34. The Bertz CT molecular complexity index is 472. The van der Waals surface area contributed by atoms with Crippen molar-refractivity contribution in [3.8, 4) is 0 Å². The zero-order valence-electron chi connectivity index (χ0n) is 12.3. The molecule has 5 nitrogen and oxygen atoms in total. The van der Waals surface area contributed by atoms with Crippen molar-refractivity contribution in [2.45, 2.75) is 12.8 Å². The maximum absolute atomic E-state index is 12.1. The lowest BCUT2D eigenvalue weighted by atomic mass is 10.0. The summed E-state index contributed by atoms with van der Waals surface area (Å²) >= 11 is 0. The summed E-state index contributed by atoms with van der Waals surface area (Å²) < 4.78 is 0. The highest BCUT2D eigenvalue weighted by atomic mass is 16.4. The molecule has 0 atom stereocenters. The Balaban J connectivity index is 2.59. The monoisotopic (exact) mass is 278 g/mol. The molecule has 0 bridgehead atoms. The smallest absolute Gasteiger partial charge is 0.335 e. The van der Waals surface area contributed by atoms with Gasteiger partial charge < -0.3 is 14.9 Å². The molecule has 0 saturated heterocycles. The third kappa shape index (κ3) is 5.01. The maximum atomic E-state index is 12.1. The van der Waals surface area contributed by atoms with Crippen molar-refractivity contribution < 1.29 is 14.7 Å². The number of nitrogens with zero attached hydrogens (tertiary/aromatic N) is 2. The van der Waals surface area contributed by atoms with Crippen molar-refractivity contribution in [2.75, 3.05) is 34.2 Å². The van der Waals surface area contributed by atoms with E-state index in [-0.39, 0.29) is 17.9 Å². The van der Waals surface area contributed by atoms with Crippen LogP contribution in [-0.4, -0.2) is 61.0 Å². The lowest BCUT2D eigenvalue weighted by molar-refractivity contribution is -0.129. The van der Waals surface area contributed by atoms with Crippen LogP contribution in [0.2, 0.25) is 0 Å². The number of aromatic carboxylic acids is 1. The van der Waals surface area contributed by atoms with Gasteiger partial charge in [-0.3, -0.25) is 4.79 Å². The van der Waals surface area contributed by atoms with Crippen molar-refractivity contribution in [1.82, 2.24) is 9.80 Å². The van der Waals surface area contributed by atoms with Crippen LogP contribution in [0.3, 0.4) is 0 Å². The molecule has 0 fully saturated rings. The molecule has 0 saturated carbocycles. The van der Waals surface area contributed by atoms with Crippen LogP contribution >= 0.6 is 0 Å². The van der Waals surface area contributed by atoms with Gasteiger partial charge in [0.1, 0.15) is 0 Å². The lowest BCUT2D eigenvalue weighted by Crippen LogP contribution is -2.31. The molecule has 0 aliphatic heterocycles. The van der Waals surface area contributed by atoms with Gasteiger partial charge in [-0.2, -0.15) is 0 Å². The second kappa shape index (κ2) is 7.65. The van der Waals surface area contributed by atoms with Gasteiger partial charge in [0, 0.05) is 13.6 Å². The minimum atomic E-state index is -0.997. The number of benzene rings is 1. The number of carboxylic acids is 1. The van der Waals surface area contributed by atoms with Gasteiger partial charge in [0.15, 0.2) is 0 Å². The molecule has 0 heterocycles. The van der Waals surface area contributed by atoms with E-state index < -0.39 is 5.97 Å². The van der Waals surface area contributed by atoms with Crippen LogP contribution in [0.15, 0.2) is 24.3 Å². The van der Waals surface area contributed by atoms with Crippen LogP contribution in [0.5, 0.6) is 0 Å². The number of likely N-dealkylation sites (N-methyl/N-ethyl adjacent to an activating group) is 1. The van der Waals surface area contributed by atoms with Crippen LogP contribution in [-0.2, 0) is 11.2 Å². The molecule has 0 aliphatic rings. The Hall–Kier alpha value is -1.88. The Labute approximate surface area is 119 Å². The summed E-state index contributed by atoms with van der Waals surface area (Å²) in [5.74, 6) is -1.05. The number of amides is 1. The molecule has 1 N–H and O–H groups in total. The van der Waals surface area contributed by atoms with Gasteiger partial charge >= 0.3 is 5.97 Å². The molecule has 20 heavy (non-hydrogen) atoms. The quantitative estimate of drug-likeness (QED) is 0.817. The van der Waals surface area contributed by atoms with Gasteiger partial charge in [-0.15, -0.1) is 0 Å². The normalized spacial score (nSPS) is 10.6. The Morgan fingerprint density at radius 1 is 1.10 bits per heavy atom. The average molecular weight is 278 g/mol. The van der Waals surface area contributed by atoms with Crippen molar-refractivity contribution >= 4 is 11.9 Å². The van der Waals surface area contributed by atoms with E-state index in [1.54, 1.807) is 30.1 Å². The lowest BCUT2D eigenvalue weighted by Gasteiger charge is -2.19. The highest BCUT2D eigenvalue weighted by molar-refractivity contribution is 5.91. The van der Waals surface area contributed by atoms with Crippen molar-refractivity contribution in [1.29, 1.82) is 0 Å². The third-order valence-electron chi connectivity index (χ3n) is 3.11. The van der Waals surface area contributed by atoms with E-state index in [9.17, 15) is 9.59 Å². The Morgan fingerprint density at radius 3 is 2.35 bits per heavy atom. The van der Waals surface area contributed by atoms with E-state index in [1.165, 1.54) is 6.07 Å². The number of hydrogen-bond donors (Lipinski definition) is 1. The molecule has 1 aromatic carbocycles. The molecule has 0 unspecified atom stereocenters. The fourth-order valence-corrected chi connectivity index (χ4v) is 1.93. The van der Waals surface area contributed by atoms with Crippen LogP contribution in [0.4, 0.5) is 0 Å². The van der Waals surface area contributed by atoms with Gasteiger partial charge in [0.25, 0.3) is 0 Å². The third-order valence-corrected chi connectivity index (χ3v) is 3.11.